The van der Waals surface area contributed by atoms with Gasteiger partial charge in [-0.3, -0.25) is 4.79 Å². The largest absolute Gasteiger partial charge is 0.349 e. The highest BCUT2D eigenvalue weighted by molar-refractivity contribution is 5.79. The summed E-state index contributed by atoms with van der Waals surface area (Å²) in [5, 5.41) is 3.24. The van der Waals surface area contributed by atoms with E-state index < -0.39 is 0 Å². The van der Waals surface area contributed by atoms with Gasteiger partial charge in [0, 0.05) is 12.5 Å². The first-order valence-corrected chi connectivity index (χ1v) is 8.62. The van der Waals surface area contributed by atoms with Crippen LogP contribution < -0.4 is 11.1 Å². The van der Waals surface area contributed by atoms with Gasteiger partial charge >= 0.3 is 0 Å². The number of hydrogen-bond donors (Lipinski definition) is 2. The van der Waals surface area contributed by atoms with E-state index in [-0.39, 0.29) is 17.4 Å². The molecule has 118 valence electrons. The molecule has 0 aromatic rings. The molecule has 1 rings (SSSR count). The highest BCUT2D eigenvalue weighted by Crippen LogP contribution is 2.32. The molecule has 0 heterocycles. The van der Waals surface area contributed by atoms with E-state index in [2.05, 4.69) is 26.1 Å². The van der Waals surface area contributed by atoms with Crippen molar-refractivity contribution in [1.82, 2.24) is 5.32 Å². The van der Waals surface area contributed by atoms with E-state index in [1.54, 1.807) is 0 Å². The predicted octanol–water partition coefficient (Wildman–Crippen LogP) is 3.62. The normalized spacial score (nSPS) is 23.6. The van der Waals surface area contributed by atoms with Gasteiger partial charge in [0.15, 0.2) is 0 Å². The van der Waals surface area contributed by atoms with Crippen molar-refractivity contribution < 1.29 is 4.79 Å². The van der Waals surface area contributed by atoms with Gasteiger partial charge in [0.2, 0.25) is 5.91 Å². The molecule has 0 bridgehead atoms. The van der Waals surface area contributed by atoms with Crippen molar-refractivity contribution in [3.63, 3.8) is 0 Å². The summed E-state index contributed by atoms with van der Waals surface area (Å²) in [5.74, 6) is 1.32. The summed E-state index contributed by atoms with van der Waals surface area (Å²) >= 11 is 0. The SMILES string of the molecule is CCCCC1CCC(C(=O)NC(CC)(CC)CN)CC1. The maximum Gasteiger partial charge on any atom is 0.223 e. The quantitative estimate of drug-likeness (QED) is 0.714. The van der Waals surface area contributed by atoms with Gasteiger partial charge in [-0.1, -0.05) is 40.0 Å². The van der Waals surface area contributed by atoms with Crippen LogP contribution in [0.15, 0.2) is 0 Å². The molecular formula is C17H34N2O. The lowest BCUT2D eigenvalue weighted by Gasteiger charge is -2.35. The topological polar surface area (TPSA) is 55.1 Å². The Morgan fingerprint density at radius 3 is 2.20 bits per heavy atom. The minimum absolute atomic E-state index is 0.184. The summed E-state index contributed by atoms with van der Waals surface area (Å²) in [6.07, 6.45) is 10.4. The Kier molecular flexibility index (Phi) is 7.57. The lowest BCUT2D eigenvalue weighted by molar-refractivity contribution is -0.128. The Bertz CT molecular complexity index is 270. The number of carbonyl (C=O) groups excluding carboxylic acids is 1. The Morgan fingerprint density at radius 1 is 1.15 bits per heavy atom. The molecule has 0 spiro atoms. The van der Waals surface area contributed by atoms with Gasteiger partial charge in [-0.05, 0) is 44.4 Å². The molecule has 0 saturated heterocycles. The van der Waals surface area contributed by atoms with E-state index in [0.29, 0.717) is 6.54 Å². The third kappa shape index (κ3) is 4.76. The van der Waals surface area contributed by atoms with Crippen LogP contribution in [0, 0.1) is 11.8 Å². The number of nitrogens with two attached hydrogens (primary N) is 1. The first-order valence-electron chi connectivity index (χ1n) is 8.62. The Labute approximate surface area is 125 Å². The zero-order chi connectivity index (χ0) is 15.0. The van der Waals surface area contributed by atoms with Crippen LogP contribution in [0.25, 0.3) is 0 Å². The van der Waals surface area contributed by atoms with Crippen LogP contribution in [-0.4, -0.2) is 18.0 Å². The zero-order valence-corrected chi connectivity index (χ0v) is 13.7. The molecule has 0 aromatic heterocycles. The van der Waals surface area contributed by atoms with Crippen molar-refractivity contribution >= 4 is 5.91 Å². The van der Waals surface area contributed by atoms with Gasteiger partial charge in [-0.15, -0.1) is 0 Å². The van der Waals surface area contributed by atoms with Crippen molar-refractivity contribution in [3.05, 3.63) is 0 Å². The number of hydrogen-bond acceptors (Lipinski definition) is 2. The molecule has 3 heteroatoms. The molecule has 3 nitrogen and oxygen atoms in total. The average Bonchev–Trinajstić information content (AvgIpc) is 2.51. The standard InChI is InChI=1S/C17H34N2O/c1-4-7-8-14-9-11-15(12-10-14)16(20)19-17(5-2,6-3)13-18/h14-15H,4-13,18H2,1-3H3,(H,19,20). The predicted molar refractivity (Wildman–Crippen MR) is 85.5 cm³/mol. The molecule has 1 aliphatic carbocycles. The highest BCUT2D eigenvalue weighted by Gasteiger charge is 2.31. The molecular weight excluding hydrogens is 248 g/mol. The summed E-state index contributed by atoms with van der Waals surface area (Å²) in [7, 11) is 0. The van der Waals surface area contributed by atoms with Crippen LogP contribution in [0.3, 0.4) is 0 Å². The van der Waals surface area contributed by atoms with E-state index >= 15 is 0 Å². The van der Waals surface area contributed by atoms with Gasteiger partial charge in [0.05, 0.1) is 5.54 Å². The van der Waals surface area contributed by atoms with Crippen molar-refractivity contribution in [2.24, 2.45) is 17.6 Å². The van der Waals surface area contributed by atoms with E-state index in [1.165, 1.54) is 32.1 Å². The number of rotatable bonds is 8. The van der Waals surface area contributed by atoms with E-state index in [1.807, 2.05) is 0 Å². The third-order valence-corrected chi connectivity index (χ3v) is 5.32. The molecule has 1 aliphatic rings. The van der Waals surface area contributed by atoms with Crippen LogP contribution >= 0.6 is 0 Å². The van der Waals surface area contributed by atoms with E-state index in [0.717, 1.165) is 31.6 Å². The highest BCUT2D eigenvalue weighted by atomic mass is 16.2. The summed E-state index contributed by atoms with van der Waals surface area (Å²) < 4.78 is 0. The monoisotopic (exact) mass is 282 g/mol. The smallest absolute Gasteiger partial charge is 0.223 e. The Hall–Kier alpha value is -0.570. The summed E-state index contributed by atoms with van der Waals surface area (Å²) in [4.78, 5) is 12.4. The van der Waals surface area contributed by atoms with Crippen LogP contribution in [-0.2, 0) is 4.79 Å². The van der Waals surface area contributed by atoms with Gasteiger partial charge in [-0.2, -0.15) is 0 Å². The first-order chi connectivity index (χ1) is 9.60. The molecule has 0 aromatic carbocycles. The van der Waals surface area contributed by atoms with Crippen LogP contribution in [0.2, 0.25) is 0 Å². The Balaban J connectivity index is 2.42. The lowest BCUT2D eigenvalue weighted by Crippen LogP contribution is -2.54. The fraction of sp³-hybridized carbons (Fsp3) is 0.941. The molecule has 0 radical (unpaired) electrons. The van der Waals surface area contributed by atoms with Gasteiger partial charge in [0.1, 0.15) is 0 Å². The second-order valence-electron chi connectivity index (χ2n) is 6.54. The van der Waals surface area contributed by atoms with Gasteiger partial charge < -0.3 is 11.1 Å². The summed E-state index contributed by atoms with van der Waals surface area (Å²) in [6.45, 7) is 7.01. The number of nitrogens with one attached hydrogen (secondary N) is 1. The molecule has 1 saturated carbocycles. The molecule has 1 amide bonds. The summed E-state index contributed by atoms with van der Waals surface area (Å²) in [5.41, 5.74) is 5.68. The van der Waals surface area contributed by atoms with Crippen molar-refractivity contribution in [1.29, 1.82) is 0 Å². The number of amides is 1. The minimum atomic E-state index is -0.184. The van der Waals surface area contributed by atoms with Crippen molar-refractivity contribution in [2.45, 2.75) is 84.1 Å². The number of unbranched alkanes of at least 4 members (excludes halogenated alkanes) is 1. The Morgan fingerprint density at radius 2 is 1.75 bits per heavy atom. The second kappa shape index (κ2) is 8.66. The molecule has 20 heavy (non-hydrogen) atoms. The second-order valence-corrected chi connectivity index (χ2v) is 6.54. The van der Waals surface area contributed by atoms with Gasteiger partial charge in [0.25, 0.3) is 0 Å². The maximum atomic E-state index is 12.4. The fourth-order valence-electron chi connectivity index (χ4n) is 3.34. The van der Waals surface area contributed by atoms with Crippen LogP contribution in [0.5, 0.6) is 0 Å². The third-order valence-electron chi connectivity index (χ3n) is 5.32. The zero-order valence-electron chi connectivity index (χ0n) is 13.7. The van der Waals surface area contributed by atoms with Crippen LogP contribution in [0.1, 0.15) is 78.6 Å². The molecule has 0 atom stereocenters. The fourth-order valence-corrected chi connectivity index (χ4v) is 3.34. The maximum absolute atomic E-state index is 12.4. The van der Waals surface area contributed by atoms with Gasteiger partial charge in [-0.25, -0.2) is 0 Å². The molecule has 0 unspecified atom stereocenters. The van der Waals surface area contributed by atoms with Crippen molar-refractivity contribution in [3.8, 4) is 0 Å². The first kappa shape index (κ1) is 17.5. The molecule has 3 N–H and O–H groups in total. The van der Waals surface area contributed by atoms with E-state index in [9.17, 15) is 4.79 Å². The summed E-state index contributed by atoms with van der Waals surface area (Å²) in [6, 6.07) is 0. The van der Waals surface area contributed by atoms with E-state index in [4.69, 9.17) is 5.73 Å². The molecule has 0 aliphatic heterocycles. The number of carbonyl (C=O) groups is 1. The minimum Gasteiger partial charge on any atom is -0.349 e. The lowest BCUT2D eigenvalue weighted by atomic mass is 9.79. The van der Waals surface area contributed by atoms with Crippen molar-refractivity contribution in [2.75, 3.05) is 6.54 Å². The average molecular weight is 282 g/mol. The molecule has 1 fully saturated rings. The van der Waals surface area contributed by atoms with Crippen LogP contribution in [0.4, 0.5) is 0 Å².